The lowest BCUT2D eigenvalue weighted by atomic mass is 9.94. The van der Waals surface area contributed by atoms with E-state index < -0.39 is 5.41 Å². The second-order valence-electron chi connectivity index (χ2n) is 8.99. The van der Waals surface area contributed by atoms with E-state index in [-0.39, 0.29) is 30.1 Å². The largest absolute Gasteiger partial charge is 0.339 e. The topological polar surface area (TPSA) is 60.9 Å². The van der Waals surface area contributed by atoms with Crippen molar-refractivity contribution in [2.75, 3.05) is 37.6 Å². The van der Waals surface area contributed by atoms with E-state index in [1.807, 2.05) is 62.6 Å². The molecule has 1 aromatic carbocycles. The van der Waals surface area contributed by atoms with Crippen molar-refractivity contribution >= 4 is 23.4 Å². The highest BCUT2D eigenvalue weighted by molar-refractivity contribution is 6.01. The Morgan fingerprint density at radius 3 is 2.21 bits per heavy atom. The Kier molecular flexibility index (Phi) is 5.50. The van der Waals surface area contributed by atoms with Crippen molar-refractivity contribution in [3.63, 3.8) is 0 Å². The Labute approximate surface area is 167 Å². The average Bonchev–Trinajstić information content (AvgIpc) is 3.03. The van der Waals surface area contributed by atoms with Gasteiger partial charge < -0.3 is 14.7 Å². The second kappa shape index (κ2) is 7.57. The number of anilines is 1. The van der Waals surface area contributed by atoms with Crippen LogP contribution in [0, 0.1) is 25.2 Å². The first-order chi connectivity index (χ1) is 13.1. The lowest BCUT2D eigenvalue weighted by Gasteiger charge is -2.38. The van der Waals surface area contributed by atoms with Crippen LogP contribution in [0.4, 0.5) is 5.69 Å². The van der Waals surface area contributed by atoms with Crippen LogP contribution in [0.15, 0.2) is 18.2 Å². The van der Waals surface area contributed by atoms with Gasteiger partial charge in [-0.05, 0) is 31.0 Å². The van der Waals surface area contributed by atoms with E-state index in [0.717, 1.165) is 16.8 Å². The van der Waals surface area contributed by atoms with Gasteiger partial charge in [0.05, 0.1) is 5.92 Å². The molecule has 2 aliphatic rings. The van der Waals surface area contributed by atoms with Crippen LogP contribution in [0.25, 0.3) is 0 Å². The highest BCUT2D eigenvalue weighted by atomic mass is 16.2. The first kappa shape index (κ1) is 20.4. The van der Waals surface area contributed by atoms with Crippen molar-refractivity contribution in [1.82, 2.24) is 9.80 Å². The summed E-state index contributed by atoms with van der Waals surface area (Å²) >= 11 is 0. The van der Waals surface area contributed by atoms with Gasteiger partial charge in [0.15, 0.2) is 0 Å². The summed E-state index contributed by atoms with van der Waals surface area (Å²) in [4.78, 5) is 43.4. The number of hydrogen-bond donors (Lipinski definition) is 0. The summed E-state index contributed by atoms with van der Waals surface area (Å²) in [6.45, 7) is 12.4. The highest BCUT2D eigenvalue weighted by Crippen LogP contribution is 2.30. The van der Waals surface area contributed by atoms with Gasteiger partial charge in [-0.1, -0.05) is 32.9 Å². The molecular weight excluding hydrogens is 354 g/mol. The Morgan fingerprint density at radius 1 is 1.00 bits per heavy atom. The molecule has 6 nitrogen and oxygen atoms in total. The van der Waals surface area contributed by atoms with Crippen LogP contribution in [0.3, 0.4) is 0 Å². The molecule has 0 radical (unpaired) electrons. The maximum absolute atomic E-state index is 13.0. The fraction of sp³-hybridized carbons (Fsp3) is 0.591. The smallest absolute Gasteiger partial charge is 0.228 e. The molecule has 0 aliphatic carbocycles. The number of aryl methyl sites for hydroxylation is 1. The van der Waals surface area contributed by atoms with Gasteiger partial charge in [0, 0.05) is 50.2 Å². The first-order valence-electron chi connectivity index (χ1n) is 10.0. The molecule has 3 amide bonds. The molecular formula is C22H31N3O3. The van der Waals surface area contributed by atoms with Crippen LogP contribution in [0.1, 0.15) is 38.3 Å². The highest BCUT2D eigenvalue weighted by Gasteiger charge is 2.39. The zero-order valence-corrected chi connectivity index (χ0v) is 17.6. The summed E-state index contributed by atoms with van der Waals surface area (Å²) in [5.41, 5.74) is 2.72. The normalized spacial score (nSPS) is 20.7. The van der Waals surface area contributed by atoms with Crippen molar-refractivity contribution < 1.29 is 14.4 Å². The summed E-state index contributed by atoms with van der Waals surface area (Å²) in [6, 6.07) is 5.93. The van der Waals surface area contributed by atoms with E-state index in [9.17, 15) is 14.4 Å². The lowest BCUT2D eigenvalue weighted by molar-refractivity contribution is -0.146. The summed E-state index contributed by atoms with van der Waals surface area (Å²) < 4.78 is 0. The summed E-state index contributed by atoms with van der Waals surface area (Å²) in [5, 5.41) is 0. The van der Waals surface area contributed by atoms with E-state index in [4.69, 9.17) is 0 Å². The molecule has 3 rings (SSSR count). The van der Waals surface area contributed by atoms with Crippen LogP contribution < -0.4 is 4.90 Å². The number of rotatable bonds is 2. The maximum atomic E-state index is 13.0. The summed E-state index contributed by atoms with van der Waals surface area (Å²) in [5.74, 6) is -0.147. The Hall–Kier alpha value is -2.37. The molecule has 6 heteroatoms. The van der Waals surface area contributed by atoms with Crippen molar-refractivity contribution in [2.24, 2.45) is 11.3 Å². The predicted molar refractivity (Wildman–Crippen MR) is 109 cm³/mol. The predicted octanol–water partition coefficient (Wildman–Crippen LogP) is 2.37. The van der Waals surface area contributed by atoms with Gasteiger partial charge in [0.25, 0.3) is 0 Å². The van der Waals surface area contributed by atoms with E-state index in [0.29, 0.717) is 32.7 Å². The van der Waals surface area contributed by atoms with Crippen molar-refractivity contribution in [1.29, 1.82) is 0 Å². The van der Waals surface area contributed by atoms with Crippen molar-refractivity contribution in [2.45, 2.75) is 41.0 Å². The monoisotopic (exact) mass is 385 g/mol. The molecule has 1 unspecified atom stereocenters. The number of benzene rings is 1. The maximum Gasteiger partial charge on any atom is 0.228 e. The fourth-order valence-electron chi connectivity index (χ4n) is 4.00. The minimum atomic E-state index is -0.407. The number of carbonyl (C=O) groups is 3. The lowest BCUT2D eigenvalue weighted by Crippen LogP contribution is -2.54. The van der Waals surface area contributed by atoms with Gasteiger partial charge in [-0.15, -0.1) is 0 Å². The molecule has 2 saturated heterocycles. The molecule has 2 fully saturated rings. The SMILES string of the molecule is Cc1cccc(N2CC(C(=O)N3CCN(C(=O)C(C)(C)C)CC3)CC2=O)c1C. The molecule has 0 bridgehead atoms. The standard InChI is InChI=1S/C22H31N3O3/c1-15-7-6-8-18(16(15)2)25-14-17(13-19(25)26)20(27)23-9-11-24(12-10-23)21(28)22(3,4)5/h6-8,17H,9-14H2,1-5H3. The van der Waals surface area contributed by atoms with Crippen LogP contribution in [-0.4, -0.2) is 60.2 Å². The molecule has 0 spiro atoms. The Morgan fingerprint density at radius 2 is 1.61 bits per heavy atom. The van der Waals surface area contributed by atoms with Gasteiger partial charge in [-0.25, -0.2) is 0 Å². The fourth-order valence-corrected chi connectivity index (χ4v) is 4.00. The molecule has 0 saturated carbocycles. The molecule has 1 aromatic rings. The third-order valence-electron chi connectivity index (χ3n) is 5.86. The second-order valence-corrected chi connectivity index (χ2v) is 8.99. The number of hydrogen-bond acceptors (Lipinski definition) is 3. The van der Waals surface area contributed by atoms with Crippen LogP contribution in [0.5, 0.6) is 0 Å². The van der Waals surface area contributed by atoms with E-state index in [1.54, 1.807) is 4.90 Å². The van der Waals surface area contributed by atoms with Crippen LogP contribution >= 0.6 is 0 Å². The first-order valence-corrected chi connectivity index (χ1v) is 10.0. The zero-order valence-electron chi connectivity index (χ0n) is 17.6. The quantitative estimate of drug-likeness (QED) is 0.785. The van der Waals surface area contributed by atoms with Gasteiger partial charge in [-0.2, -0.15) is 0 Å². The number of amides is 3. The Bertz CT molecular complexity index is 789. The van der Waals surface area contributed by atoms with Gasteiger partial charge in [0.2, 0.25) is 17.7 Å². The minimum absolute atomic E-state index is 0.00796. The van der Waals surface area contributed by atoms with Crippen molar-refractivity contribution in [3.05, 3.63) is 29.3 Å². The third-order valence-corrected chi connectivity index (χ3v) is 5.86. The summed E-state index contributed by atoms with van der Waals surface area (Å²) in [7, 11) is 0. The zero-order chi connectivity index (χ0) is 20.6. The molecule has 0 aromatic heterocycles. The molecule has 2 heterocycles. The van der Waals surface area contributed by atoms with E-state index in [2.05, 4.69) is 0 Å². The summed E-state index contributed by atoms with van der Waals surface area (Å²) in [6.07, 6.45) is 0.257. The number of piperazine rings is 1. The molecule has 1 atom stereocenters. The number of nitrogens with zero attached hydrogens (tertiary/aromatic N) is 3. The third kappa shape index (κ3) is 3.91. The van der Waals surface area contributed by atoms with Gasteiger partial charge >= 0.3 is 0 Å². The average molecular weight is 386 g/mol. The van der Waals surface area contributed by atoms with E-state index in [1.165, 1.54) is 0 Å². The molecule has 0 N–H and O–H groups in total. The van der Waals surface area contributed by atoms with E-state index >= 15 is 0 Å². The van der Waals surface area contributed by atoms with Crippen LogP contribution in [-0.2, 0) is 14.4 Å². The van der Waals surface area contributed by atoms with Crippen molar-refractivity contribution in [3.8, 4) is 0 Å². The molecule has 152 valence electrons. The van der Waals surface area contributed by atoms with Gasteiger partial charge in [-0.3, -0.25) is 14.4 Å². The number of carbonyl (C=O) groups excluding carboxylic acids is 3. The Balaban J connectivity index is 1.63. The van der Waals surface area contributed by atoms with Gasteiger partial charge in [0.1, 0.15) is 0 Å². The molecule has 28 heavy (non-hydrogen) atoms. The van der Waals surface area contributed by atoms with Crippen LogP contribution in [0.2, 0.25) is 0 Å². The minimum Gasteiger partial charge on any atom is -0.339 e. The molecule has 2 aliphatic heterocycles.